The van der Waals surface area contributed by atoms with Crippen LogP contribution in [0.3, 0.4) is 0 Å². The zero-order valence-corrected chi connectivity index (χ0v) is 12.0. The molecule has 0 fully saturated rings. The monoisotopic (exact) mass is 270 g/mol. The predicted molar refractivity (Wildman–Crippen MR) is 83.8 cm³/mol. The second kappa shape index (κ2) is 6.48. The van der Waals surface area contributed by atoms with Crippen LogP contribution in [0.15, 0.2) is 59.5 Å². The molecule has 0 aliphatic heterocycles. The number of aromatic hydroxyl groups is 1. The lowest BCUT2D eigenvalue weighted by atomic mass is 9.99. The van der Waals surface area contributed by atoms with Gasteiger partial charge in [0, 0.05) is 16.4 Å². The lowest BCUT2D eigenvalue weighted by Crippen LogP contribution is -1.90. The minimum atomic E-state index is 0.187. The van der Waals surface area contributed by atoms with Gasteiger partial charge in [-0.25, -0.2) is 0 Å². The van der Waals surface area contributed by atoms with Crippen molar-refractivity contribution in [1.29, 1.82) is 0 Å². The maximum Gasteiger partial charge on any atom is 0.119 e. The first-order valence-electron chi connectivity index (χ1n) is 6.31. The largest absolute Gasteiger partial charge is 0.508 e. The molecule has 0 amide bonds. The van der Waals surface area contributed by atoms with Gasteiger partial charge in [0.05, 0.1) is 0 Å². The number of allylic oxidation sites excluding steroid dienone is 1. The van der Waals surface area contributed by atoms with Crippen LogP contribution in [0, 0.1) is 0 Å². The van der Waals surface area contributed by atoms with Gasteiger partial charge in [0.15, 0.2) is 0 Å². The zero-order chi connectivity index (χ0) is 13.7. The molecule has 2 rings (SSSR count). The second-order valence-electron chi connectivity index (χ2n) is 4.48. The summed E-state index contributed by atoms with van der Waals surface area (Å²) in [5, 5.41) is 9.95. The third-order valence-electron chi connectivity index (χ3n) is 3.10. The molecule has 0 saturated carbocycles. The van der Waals surface area contributed by atoms with Gasteiger partial charge in [-0.15, -0.1) is 11.8 Å². The highest BCUT2D eigenvalue weighted by atomic mass is 32.2. The maximum atomic E-state index is 9.95. The number of hydrogen-bond donors (Lipinski definition) is 1. The van der Waals surface area contributed by atoms with E-state index < -0.39 is 0 Å². The topological polar surface area (TPSA) is 20.2 Å². The highest BCUT2D eigenvalue weighted by Gasteiger charge is 2.08. The fourth-order valence-corrected chi connectivity index (χ4v) is 2.40. The van der Waals surface area contributed by atoms with E-state index in [4.69, 9.17) is 0 Å². The van der Waals surface area contributed by atoms with Crippen molar-refractivity contribution in [2.75, 3.05) is 6.26 Å². The Morgan fingerprint density at radius 1 is 1.11 bits per heavy atom. The fourth-order valence-electron chi connectivity index (χ4n) is 1.95. The highest BCUT2D eigenvalue weighted by Crippen LogP contribution is 2.30. The van der Waals surface area contributed by atoms with Crippen molar-refractivity contribution >= 4 is 17.8 Å². The number of benzene rings is 2. The molecule has 0 aliphatic rings. The van der Waals surface area contributed by atoms with E-state index in [1.807, 2.05) is 30.5 Å². The molecule has 1 nitrogen and oxygen atoms in total. The predicted octanol–water partition coefficient (Wildman–Crippen LogP) is 4.93. The van der Waals surface area contributed by atoms with Crippen molar-refractivity contribution in [2.45, 2.75) is 17.7 Å². The van der Waals surface area contributed by atoms with E-state index >= 15 is 0 Å². The molecule has 0 bridgehead atoms. The number of phenolic OH excluding ortho intramolecular Hbond substituents is 1. The van der Waals surface area contributed by atoms with Gasteiger partial charge in [-0.3, -0.25) is 0 Å². The van der Waals surface area contributed by atoms with E-state index in [0.717, 1.165) is 5.56 Å². The van der Waals surface area contributed by atoms with Gasteiger partial charge in [0.1, 0.15) is 5.75 Å². The molecule has 2 aromatic rings. The first-order valence-corrected chi connectivity index (χ1v) is 7.53. The smallest absolute Gasteiger partial charge is 0.119 e. The molecule has 0 radical (unpaired) electrons. The molecule has 1 unspecified atom stereocenters. The van der Waals surface area contributed by atoms with Crippen LogP contribution in [0.2, 0.25) is 0 Å². The Balaban J connectivity index is 2.20. The van der Waals surface area contributed by atoms with E-state index in [9.17, 15) is 5.11 Å². The Bertz CT molecular complexity index is 561. The van der Waals surface area contributed by atoms with Crippen LogP contribution in [-0.4, -0.2) is 11.4 Å². The van der Waals surface area contributed by atoms with E-state index in [0.29, 0.717) is 5.75 Å². The van der Waals surface area contributed by atoms with Crippen molar-refractivity contribution < 1.29 is 5.11 Å². The molecule has 0 heterocycles. The molecular weight excluding hydrogens is 252 g/mol. The maximum absolute atomic E-state index is 9.95. The third-order valence-corrected chi connectivity index (χ3v) is 3.83. The Labute approximate surface area is 119 Å². The molecule has 2 heteroatoms. The van der Waals surface area contributed by atoms with Gasteiger partial charge in [-0.2, -0.15) is 0 Å². The van der Waals surface area contributed by atoms with Crippen LogP contribution in [0.5, 0.6) is 5.75 Å². The standard InChI is InChI=1S/C17H18OS/c1-13(8-9-14-6-4-3-5-7-14)16-12-15(19-2)10-11-17(16)18/h3-13,18H,1-2H3/b9-8-. The summed E-state index contributed by atoms with van der Waals surface area (Å²) in [6.45, 7) is 2.10. The molecule has 1 atom stereocenters. The van der Waals surface area contributed by atoms with Crippen LogP contribution in [-0.2, 0) is 0 Å². The number of rotatable bonds is 4. The normalized spacial score (nSPS) is 12.7. The summed E-state index contributed by atoms with van der Waals surface area (Å²) < 4.78 is 0. The Morgan fingerprint density at radius 2 is 1.84 bits per heavy atom. The number of thioether (sulfide) groups is 1. The van der Waals surface area contributed by atoms with E-state index in [1.165, 1.54) is 10.5 Å². The van der Waals surface area contributed by atoms with Crippen LogP contribution < -0.4 is 0 Å². The van der Waals surface area contributed by atoms with E-state index in [1.54, 1.807) is 17.8 Å². The molecule has 19 heavy (non-hydrogen) atoms. The highest BCUT2D eigenvalue weighted by molar-refractivity contribution is 7.98. The van der Waals surface area contributed by atoms with Gasteiger partial charge < -0.3 is 5.11 Å². The van der Waals surface area contributed by atoms with Crippen molar-refractivity contribution in [2.24, 2.45) is 0 Å². The van der Waals surface area contributed by atoms with Gasteiger partial charge in [-0.05, 0) is 30.0 Å². The Hall–Kier alpha value is -1.67. The lowest BCUT2D eigenvalue weighted by Gasteiger charge is -2.11. The summed E-state index contributed by atoms with van der Waals surface area (Å²) in [6, 6.07) is 16.0. The lowest BCUT2D eigenvalue weighted by molar-refractivity contribution is 0.466. The average Bonchev–Trinajstić information content (AvgIpc) is 2.46. The molecule has 0 spiro atoms. The summed E-state index contributed by atoms with van der Waals surface area (Å²) in [5.41, 5.74) is 2.15. The Morgan fingerprint density at radius 3 is 2.53 bits per heavy atom. The van der Waals surface area contributed by atoms with E-state index in [2.05, 4.69) is 37.3 Å². The molecule has 98 valence electrons. The second-order valence-corrected chi connectivity index (χ2v) is 5.36. The molecule has 1 N–H and O–H groups in total. The minimum Gasteiger partial charge on any atom is -0.508 e. The molecule has 0 aliphatic carbocycles. The summed E-state index contributed by atoms with van der Waals surface area (Å²) in [6.07, 6.45) is 6.25. The van der Waals surface area contributed by atoms with E-state index in [-0.39, 0.29) is 5.92 Å². The SMILES string of the molecule is CSc1ccc(O)c(C(C)/C=C\c2ccccc2)c1. The van der Waals surface area contributed by atoms with Crippen LogP contribution in [0.1, 0.15) is 24.0 Å². The number of hydrogen-bond acceptors (Lipinski definition) is 2. The van der Waals surface area contributed by atoms with Crippen molar-refractivity contribution in [3.8, 4) is 5.75 Å². The summed E-state index contributed by atoms with van der Waals surface area (Å²) in [4.78, 5) is 1.17. The quantitative estimate of drug-likeness (QED) is 0.795. The third kappa shape index (κ3) is 3.65. The fraction of sp³-hybridized carbons (Fsp3) is 0.176. The molecule has 0 aromatic heterocycles. The Kier molecular flexibility index (Phi) is 4.69. The first kappa shape index (κ1) is 13.8. The van der Waals surface area contributed by atoms with Gasteiger partial charge in [0.2, 0.25) is 0 Å². The van der Waals surface area contributed by atoms with Crippen LogP contribution >= 0.6 is 11.8 Å². The van der Waals surface area contributed by atoms with Gasteiger partial charge in [-0.1, -0.05) is 49.4 Å². The van der Waals surface area contributed by atoms with Crippen molar-refractivity contribution in [3.05, 3.63) is 65.7 Å². The van der Waals surface area contributed by atoms with Gasteiger partial charge >= 0.3 is 0 Å². The summed E-state index contributed by atoms with van der Waals surface area (Å²) in [7, 11) is 0. The van der Waals surface area contributed by atoms with Crippen LogP contribution in [0.4, 0.5) is 0 Å². The van der Waals surface area contributed by atoms with Crippen molar-refractivity contribution in [3.63, 3.8) is 0 Å². The number of phenols is 1. The minimum absolute atomic E-state index is 0.187. The first-order chi connectivity index (χ1) is 9.20. The van der Waals surface area contributed by atoms with Crippen molar-refractivity contribution in [1.82, 2.24) is 0 Å². The summed E-state index contributed by atoms with van der Waals surface area (Å²) >= 11 is 1.69. The average molecular weight is 270 g/mol. The van der Waals surface area contributed by atoms with Crippen LogP contribution in [0.25, 0.3) is 6.08 Å². The van der Waals surface area contributed by atoms with Gasteiger partial charge in [0.25, 0.3) is 0 Å². The molecule has 0 saturated heterocycles. The molecule has 2 aromatic carbocycles. The summed E-state index contributed by atoms with van der Waals surface area (Å²) in [5.74, 6) is 0.551. The zero-order valence-electron chi connectivity index (χ0n) is 11.2. The molecular formula is C17H18OS.